The minimum absolute atomic E-state index is 0. The molecule has 0 saturated carbocycles. The molecule has 3 atom stereocenters. The van der Waals surface area contributed by atoms with Crippen molar-refractivity contribution in [2.75, 3.05) is 13.1 Å². The van der Waals surface area contributed by atoms with Crippen LogP contribution in [-0.2, 0) is 0 Å². The van der Waals surface area contributed by atoms with E-state index in [1.165, 1.54) is 12.1 Å². The van der Waals surface area contributed by atoms with Crippen molar-refractivity contribution in [3.05, 3.63) is 35.4 Å². The van der Waals surface area contributed by atoms with Gasteiger partial charge in [0, 0.05) is 18.6 Å². The molecule has 1 fully saturated rings. The Morgan fingerprint density at radius 3 is 2.58 bits per heavy atom. The van der Waals surface area contributed by atoms with Crippen molar-refractivity contribution in [2.24, 2.45) is 11.7 Å². The molecule has 2 rings (SSSR count). The minimum atomic E-state index is -0.791. The topological polar surface area (TPSA) is 29.3 Å². The van der Waals surface area contributed by atoms with Gasteiger partial charge in [0.2, 0.25) is 0 Å². The molecule has 1 heterocycles. The lowest BCUT2D eigenvalue weighted by Gasteiger charge is -2.29. The molecule has 0 amide bonds. The molecule has 1 saturated heterocycles. The molecule has 3 unspecified atom stereocenters. The monoisotopic (exact) mass is 290 g/mol. The first-order valence-corrected chi connectivity index (χ1v) is 6.43. The van der Waals surface area contributed by atoms with Crippen molar-refractivity contribution >= 4 is 12.4 Å². The third-order valence-corrected chi connectivity index (χ3v) is 3.97. The molecule has 1 aromatic rings. The lowest BCUT2D eigenvalue weighted by Crippen LogP contribution is -2.30. The second-order valence-electron chi connectivity index (χ2n) is 5.23. The maximum Gasteiger partial charge on any atom is 0.159 e. The standard InChI is InChI=1S/C14H20F2N2.ClH/c1-9-5-11(7-17)8-18(9)10(2)12-3-4-13(15)14(16)6-12;/h3-4,6,9-11H,5,7-8,17H2,1-2H3;1H. The second-order valence-corrected chi connectivity index (χ2v) is 5.23. The summed E-state index contributed by atoms with van der Waals surface area (Å²) in [6.45, 7) is 5.80. The Kier molecular flexibility index (Phi) is 5.71. The quantitative estimate of drug-likeness (QED) is 0.927. The average Bonchev–Trinajstić information content (AvgIpc) is 2.73. The number of hydrogen-bond acceptors (Lipinski definition) is 2. The summed E-state index contributed by atoms with van der Waals surface area (Å²) in [7, 11) is 0. The lowest BCUT2D eigenvalue weighted by molar-refractivity contribution is 0.200. The molecular weight excluding hydrogens is 270 g/mol. The molecule has 2 nitrogen and oxygen atoms in total. The molecule has 1 aliphatic heterocycles. The number of hydrogen-bond donors (Lipinski definition) is 1. The Bertz CT molecular complexity index is 428. The van der Waals surface area contributed by atoms with E-state index in [-0.39, 0.29) is 18.4 Å². The van der Waals surface area contributed by atoms with Crippen LogP contribution in [-0.4, -0.2) is 24.0 Å². The Labute approximate surface area is 119 Å². The van der Waals surface area contributed by atoms with Gasteiger partial charge in [-0.1, -0.05) is 6.07 Å². The van der Waals surface area contributed by atoms with Gasteiger partial charge in [-0.2, -0.15) is 0 Å². The molecule has 5 heteroatoms. The Morgan fingerprint density at radius 2 is 2.05 bits per heavy atom. The highest BCUT2D eigenvalue weighted by Crippen LogP contribution is 2.31. The Balaban J connectivity index is 0.00000180. The minimum Gasteiger partial charge on any atom is -0.330 e. The highest BCUT2D eigenvalue weighted by molar-refractivity contribution is 5.85. The zero-order valence-electron chi connectivity index (χ0n) is 11.3. The number of benzene rings is 1. The highest BCUT2D eigenvalue weighted by Gasteiger charge is 2.31. The highest BCUT2D eigenvalue weighted by atomic mass is 35.5. The summed E-state index contributed by atoms with van der Waals surface area (Å²) in [5.74, 6) is -1.06. The van der Waals surface area contributed by atoms with Gasteiger partial charge in [0.1, 0.15) is 0 Å². The van der Waals surface area contributed by atoms with Crippen molar-refractivity contribution in [1.82, 2.24) is 4.90 Å². The second kappa shape index (κ2) is 6.64. The van der Waals surface area contributed by atoms with Crippen LogP contribution in [0.5, 0.6) is 0 Å². The van der Waals surface area contributed by atoms with Crippen LogP contribution in [0.15, 0.2) is 18.2 Å². The summed E-state index contributed by atoms with van der Waals surface area (Å²) < 4.78 is 26.2. The normalized spacial score (nSPS) is 25.1. The van der Waals surface area contributed by atoms with Crippen molar-refractivity contribution in [1.29, 1.82) is 0 Å². The molecule has 2 N–H and O–H groups in total. The van der Waals surface area contributed by atoms with Gasteiger partial charge >= 0.3 is 0 Å². The van der Waals surface area contributed by atoms with Crippen LogP contribution in [0.1, 0.15) is 31.9 Å². The Hall–Kier alpha value is -0.710. The van der Waals surface area contributed by atoms with Gasteiger partial charge in [0.25, 0.3) is 0 Å². The van der Waals surface area contributed by atoms with Crippen LogP contribution >= 0.6 is 12.4 Å². The molecule has 0 aromatic heterocycles. The maximum atomic E-state index is 13.3. The fraction of sp³-hybridized carbons (Fsp3) is 0.571. The van der Waals surface area contributed by atoms with E-state index in [1.54, 1.807) is 6.07 Å². The third-order valence-electron chi connectivity index (χ3n) is 3.97. The molecule has 19 heavy (non-hydrogen) atoms. The van der Waals surface area contributed by atoms with Crippen molar-refractivity contribution in [3.8, 4) is 0 Å². The first-order chi connectivity index (χ1) is 8.52. The molecule has 0 aliphatic carbocycles. The summed E-state index contributed by atoms with van der Waals surface area (Å²) in [5.41, 5.74) is 6.52. The van der Waals surface area contributed by atoms with E-state index in [0.717, 1.165) is 18.5 Å². The number of likely N-dealkylation sites (tertiary alicyclic amines) is 1. The fourth-order valence-corrected chi connectivity index (χ4v) is 2.84. The van der Waals surface area contributed by atoms with Crippen molar-refractivity contribution < 1.29 is 8.78 Å². The average molecular weight is 291 g/mol. The van der Waals surface area contributed by atoms with Crippen molar-refractivity contribution in [2.45, 2.75) is 32.4 Å². The van der Waals surface area contributed by atoms with Gasteiger partial charge in [-0.3, -0.25) is 4.90 Å². The number of rotatable bonds is 3. The van der Waals surface area contributed by atoms with Gasteiger partial charge in [0.15, 0.2) is 11.6 Å². The van der Waals surface area contributed by atoms with Crippen LogP contribution in [0.2, 0.25) is 0 Å². The van der Waals surface area contributed by atoms with E-state index in [4.69, 9.17) is 5.73 Å². The van der Waals surface area contributed by atoms with Gasteiger partial charge < -0.3 is 5.73 Å². The molecule has 0 spiro atoms. The summed E-state index contributed by atoms with van der Waals surface area (Å²) in [6, 6.07) is 4.67. The Morgan fingerprint density at radius 1 is 1.37 bits per heavy atom. The molecule has 0 bridgehead atoms. The van der Waals surface area contributed by atoms with Crippen LogP contribution in [0, 0.1) is 17.6 Å². The van der Waals surface area contributed by atoms with E-state index in [1.807, 2.05) is 6.92 Å². The smallest absolute Gasteiger partial charge is 0.159 e. The summed E-state index contributed by atoms with van der Waals surface area (Å²) in [6.07, 6.45) is 1.07. The van der Waals surface area contributed by atoms with E-state index >= 15 is 0 Å². The van der Waals surface area contributed by atoms with Gasteiger partial charge in [-0.05, 0) is 50.4 Å². The zero-order valence-corrected chi connectivity index (χ0v) is 12.1. The van der Waals surface area contributed by atoms with E-state index in [0.29, 0.717) is 18.5 Å². The van der Waals surface area contributed by atoms with E-state index in [9.17, 15) is 8.78 Å². The summed E-state index contributed by atoms with van der Waals surface area (Å²) in [5, 5.41) is 0. The van der Waals surface area contributed by atoms with Crippen LogP contribution in [0.25, 0.3) is 0 Å². The van der Waals surface area contributed by atoms with Crippen molar-refractivity contribution in [3.63, 3.8) is 0 Å². The predicted molar refractivity (Wildman–Crippen MR) is 75.4 cm³/mol. The largest absolute Gasteiger partial charge is 0.330 e. The van der Waals surface area contributed by atoms with Gasteiger partial charge in [0.05, 0.1) is 0 Å². The molecule has 1 aliphatic rings. The number of halogens is 3. The van der Waals surface area contributed by atoms with E-state index in [2.05, 4.69) is 11.8 Å². The number of nitrogens with two attached hydrogens (primary N) is 1. The predicted octanol–water partition coefficient (Wildman–Crippen LogP) is 3.12. The summed E-state index contributed by atoms with van der Waals surface area (Å²) in [4.78, 5) is 2.31. The van der Waals surface area contributed by atoms with E-state index < -0.39 is 11.6 Å². The first-order valence-electron chi connectivity index (χ1n) is 6.43. The van der Waals surface area contributed by atoms with Crippen LogP contribution in [0.4, 0.5) is 8.78 Å². The molecular formula is C14H21ClF2N2. The van der Waals surface area contributed by atoms with Gasteiger partial charge in [-0.25, -0.2) is 8.78 Å². The zero-order chi connectivity index (χ0) is 13.3. The molecule has 0 radical (unpaired) electrons. The lowest BCUT2D eigenvalue weighted by atomic mass is 10.1. The summed E-state index contributed by atoms with van der Waals surface area (Å²) >= 11 is 0. The first kappa shape index (κ1) is 16.3. The van der Waals surface area contributed by atoms with Crippen LogP contribution in [0.3, 0.4) is 0 Å². The molecule has 1 aromatic carbocycles. The van der Waals surface area contributed by atoms with Crippen LogP contribution < -0.4 is 5.73 Å². The fourth-order valence-electron chi connectivity index (χ4n) is 2.84. The van der Waals surface area contributed by atoms with Gasteiger partial charge in [-0.15, -0.1) is 12.4 Å². The maximum absolute atomic E-state index is 13.3. The SMILES string of the molecule is CC1CC(CN)CN1C(C)c1ccc(F)c(F)c1.Cl. The third kappa shape index (κ3) is 3.44. The number of nitrogens with zero attached hydrogens (tertiary/aromatic N) is 1. The molecule has 108 valence electrons.